The number of amides is 1. The second kappa shape index (κ2) is 8.08. The molecule has 0 bridgehead atoms. The van der Waals surface area contributed by atoms with Crippen molar-refractivity contribution < 1.29 is 9.21 Å². The van der Waals surface area contributed by atoms with Crippen LogP contribution in [0.4, 0.5) is 0 Å². The molecular formula is C17H16Cl2N2O2S2. The lowest BCUT2D eigenvalue weighted by molar-refractivity contribution is -0.121. The summed E-state index contributed by atoms with van der Waals surface area (Å²) in [7, 11) is 0. The minimum atomic E-state index is -0.100. The van der Waals surface area contributed by atoms with E-state index in [-0.39, 0.29) is 9.99 Å². The Kier molecular flexibility index (Phi) is 6.04. The lowest BCUT2D eigenvalue weighted by Gasteiger charge is -2.19. The largest absolute Gasteiger partial charge is 0.455 e. The molecule has 1 aliphatic heterocycles. The summed E-state index contributed by atoms with van der Waals surface area (Å²) in [5.41, 5.74) is 3.37. The molecule has 1 aromatic carbocycles. The molecule has 0 saturated carbocycles. The standard InChI is InChI=1S/C17H16Cl2N2O2S2/c1-17(24-6-7-25-17)9-16(22)21-20-10-12-3-5-15(23-12)11-2-4-13(18)14(19)8-11/h2-5,8,10H,6-7,9H2,1H3,(H,21,22)/b20-10-. The molecule has 1 N–H and O–H groups in total. The van der Waals surface area contributed by atoms with Crippen molar-refractivity contribution in [2.45, 2.75) is 17.4 Å². The van der Waals surface area contributed by atoms with Crippen LogP contribution in [0.2, 0.25) is 10.0 Å². The maximum Gasteiger partial charge on any atom is 0.242 e. The average Bonchev–Trinajstić information content (AvgIpc) is 3.19. The van der Waals surface area contributed by atoms with Gasteiger partial charge in [0.15, 0.2) is 0 Å². The molecule has 0 radical (unpaired) electrons. The fourth-order valence-electron chi connectivity index (χ4n) is 2.38. The van der Waals surface area contributed by atoms with Gasteiger partial charge in [-0.3, -0.25) is 4.79 Å². The molecule has 0 atom stereocenters. The Labute approximate surface area is 164 Å². The predicted octanol–water partition coefficient (Wildman–Crippen LogP) is 5.29. The molecule has 25 heavy (non-hydrogen) atoms. The quantitative estimate of drug-likeness (QED) is 0.533. The minimum Gasteiger partial charge on any atom is -0.455 e. The number of rotatable bonds is 5. The number of carbonyl (C=O) groups excluding carboxylic acids is 1. The molecule has 132 valence electrons. The first-order chi connectivity index (χ1) is 12.0. The van der Waals surface area contributed by atoms with Crippen LogP contribution < -0.4 is 5.43 Å². The Balaban J connectivity index is 1.58. The van der Waals surface area contributed by atoms with Crippen LogP contribution in [0.3, 0.4) is 0 Å². The van der Waals surface area contributed by atoms with Crippen molar-refractivity contribution in [3.8, 4) is 11.3 Å². The number of benzene rings is 1. The zero-order chi connectivity index (χ0) is 17.9. The van der Waals surface area contributed by atoms with Gasteiger partial charge in [-0.25, -0.2) is 5.43 Å². The zero-order valence-electron chi connectivity index (χ0n) is 13.4. The van der Waals surface area contributed by atoms with Crippen molar-refractivity contribution in [3.63, 3.8) is 0 Å². The molecule has 1 aliphatic rings. The maximum atomic E-state index is 12.0. The van der Waals surface area contributed by atoms with Crippen molar-refractivity contribution in [3.05, 3.63) is 46.1 Å². The van der Waals surface area contributed by atoms with Gasteiger partial charge in [0.2, 0.25) is 5.91 Å². The van der Waals surface area contributed by atoms with E-state index < -0.39 is 0 Å². The van der Waals surface area contributed by atoms with Gasteiger partial charge in [0, 0.05) is 17.1 Å². The number of hydrogen-bond acceptors (Lipinski definition) is 5. The van der Waals surface area contributed by atoms with E-state index in [2.05, 4.69) is 17.5 Å². The van der Waals surface area contributed by atoms with Crippen LogP contribution in [0.5, 0.6) is 0 Å². The van der Waals surface area contributed by atoms with Gasteiger partial charge in [-0.05, 0) is 37.3 Å². The molecule has 0 spiro atoms. The van der Waals surface area contributed by atoms with E-state index in [1.807, 2.05) is 35.7 Å². The van der Waals surface area contributed by atoms with Gasteiger partial charge in [-0.15, -0.1) is 23.5 Å². The highest BCUT2D eigenvalue weighted by Crippen LogP contribution is 2.45. The number of nitrogens with zero attached hydrogens (tertiary/aromatic N) is 1. The minimum absolute atomic E-state index is 0.0503. The summed E-state index contributed by atoms with van der Waals surface area (Å²) in [6.07, 6.45) is 1.92. The predicted molar refractivity (Wildman–Crippen MR) is 108 cm³/mol. The van der Waals surface area contributed by atoms with Crippen molar-refractivity contribution in [2.75, 3.05) is 11.5 Å². The summed E-state index contributed by atoms with van der Waals surface area (Å²) in [5.74, 6) is 3.26. The molecule has 2 heterocycles. The normalized spacial score (nSPS) is 16.4. The third kappa shape index (κ3) is 4.97. The topological polar surface area (TPSA) is 54.6 Å². The summed E-state index contributed by atoms with van der Waals surface area (Å²) >= 11 is 15.6. The molecule has 1 aromatic heterocycles. The second-order valence-corrected chi connectivity index (χ2v) is 9.90. The van der Waals surface area contributed by atoms with Gasteiger partial charge in [-0.2, -0.15) is 5.10 Å². The third-order valence-corrected chi connectivity index (χ3v) is 7.62. The molecule has 4 nitrogen and oxygen atoms in total. The smallest absolute Gasteiger partial charge is 0.242 e. The molecule has 8 heteroatoms. The number of carbonyl (C=O) groups is 1. The van der Waals surface area contributed by atoms with Crippen LogP contribution >= 0.6 is 46.7 Å². The highest BCUT2D eigenvalue weighted by Gasteiger charge is 2.32. The van der Waals surface area contributed by atoms with Crippen molar-refractivity contribution in [1.82, 2.24) is 5.43 Å². The number of halogens is 2. The van der Waals surface area contributed by atoms with E-state index in [4.69, 9.17) is 27.6 Å². The highest BCUT2D eigenvalue weighted by molar-refractivity contribution is 8.21. The lowest BCUT2D eigenvalue weighted by Crippen LogP contribution is -2.26. The second-order valence-electron chi connectivity index (χ2n) is 5.63. The Morgan fingerprint density at radius 3 is 2.76 bits per heavy atom. The van der Waals surface area contributed by atoms with E-state index >= 15 is 0 Å². The van der Waals surface area contributed by atoms with Gasteiger partial charge in [0.25, 0.3) is 0 Å². The molecule has 3 rings (SSSR count). The van der Waals surface area contributed by atoms with Crippen LogP contribution in [0, 0.1) is 0 Å². The number of hydrogen-bond donors (Lipinski definition) is 1. The lowest BCUT2D eigenvalue weighted by atomic mass is 10.2. The zero-order valence-corrected chi connectivity index (χ0v) is 16.6. The van der Waals surface area contributed by atoms with Crippen LogP contribution in [-0.4, -0.2) is 27.7 Å². The first-order valence-electron chi connectivity index (χ1n) is 7.60. The van der Waals surface area contributed by atoms with Gasteiger partial charge >= 0.3 is 0 Å². The van der Waals surface area contributed by atoms with E-state index in [0.29, 0.717) is 28.0 Å². The fourth-order valence-corrected chi connectivity index (χ4v) is 5.51. The van der Waals surface area contributed by atoms with Gasteiger partial charge < -0.3 is 4.42 Å². The summed E-state index contributed by atoms with van der Waals surface area (Å²) in [6.45, 7) is 2.09. The van der Waals surface area contributed by atoms with Crippen molar-refractivity contribution in [2.24, 2.45) is 5.10 Å². The van der Waals surface area contributed by atoms with E-state index in [0.717, 1.165) is 17.1 Å². The highest BCUT2D eigenvalue weighted by atomic mass is 35.5. The molecule has 0 unspecified atom stereocenters. The number of thioether (sulfide) groups is 2. The van der Waals surface area contributed by atoms with Crippen LogP contribution in [0.1, 0.15) is 19.1 Å². The molecule has 0 aliphatic carbocycles. The molecule has 1 fully saturated rings. The van der Waals surface area contributed by atoms with Gasteiger partial charge in [-0.1, -0.05) is 23.2 Å². The monoisotopic (exact) mass is 414 g/mol. The third-order valence-electron chi connectivity index (χ3n) is 3.59. The number of furan rings is 1. The first-order valence-corrected chi connectivity index (χ1v) is 10.3. The van der Waals surface area contributed by atoms with Gasteiger partial charge in [0.1, 0.15) is 11.5 Å². The van der Waals surface area contributed by atoms with Crippen LogP contribution in [0.15, 0.2) is 39.9 Å². The van der Waals surface area contributed by atoms with Gasteiger partial charge in [0.05, 0.1) is 26.8 Å². The Hall–Kier alpha value is -1.08. The number of nitrogens with one attached hydrogen (secondary N) is 1. The fraction of sp³-hybridized carbons (Fsp3) is 0.294. The summed E-state index contributed by atoms with van der Waals surface area (Å²) in [6, 6.07) is 8.87. The van der Waals surface area contributed by atoms with Crippen molar-refractivity contribution >= 4 is 58.8 Å². The molecule has 1 saturated heterocycles. The van der Waals surface area contributed by atoms with E-state index in [1.54, 1.807) is 18.2 Å². The Morgan fingerprint density at radius 2 is 2.04 bits per heavy atom. The SMILES string of the molecule is CC1(CC(=O)N/N=C\c2ccc(-c3ccc(Cl)c(Cl)c3)o2)SCCS1. The van der Waals surface area contributed by atoms with E-state index in [9.17, 15) is 4.79 Å². The summed E-state index contributed by atoms with van der Waals surface area (Å²) in [4.78, 5) is 12.0. The van der Waals surface area contributed by atoms with E-state index in [1.165, 1.54) is 6.21 Å². The molecule has 2 aromatic rings. The maximum absolute atomic E-state index is 12.0. The Morgan fingerprint density at radius 1 is 1.28 bits per heavy atom. The summed E-state index contributed by atoms with van der Waals surface area (Å²) < 4.78 is 5.64. The Bertz CT molecular complexity index is 802. The molecule has 1 amide bonds. The van der Waals surface area contributed by atoms with Crippen LogP contribution in [0.25, 0.3) is 11.3 Å². The first kappa shape index (κ1) is 18.7. The molecular weight excluding hydrogens is 399 g/mol. The average molecular weight is 415 g/mol. The summed E-state index contributed by atoms with van der Waals surface area (Å²) in [5, 5.41) is 4.93. The van der Waals surface area contributed by atoms with Crippen LogP contribution in [-0.2, 0) is 4.79 Å². The number of hydrazone groups is 1. The van der Waals surface area contributed by atoms with Crippen molar-refractivity contribution in [1.29, 1.82) is 0 Å².